The van der Waals surface area contributed by atoms with E-state index in [0.29, 0.717) is 5.56 Å². The van der Waals surface area contributed by atoms with Gasteiger partial charge in [-0.05, 0) is 0 Å². The molecule has 0 fully saturated rings. The molecule has 1 aromatic rings. The Hall–Kier alpha value is -1.79. The molecule has 0 amide bonds. The summed E-state index contributed by atoms with van der Waals surface area (Å²) in [5.74, 6) is -1.82. The van der Waals surface area contributed by atoms with E-state index in [4.69, 9.17) is 9.47 Å². The smallest absolute Gasteiger partial charge is 0.261 e. The summed E-state index contributed by atoms with van der Waals surface area (Å²) in [7, 11) is 2.80. The van der Waals surface area contributed by atoms with Crippen molar-refractivity contribution in [1.82, 2.24) is 0 Å². The monoisotopic (exact) mass is 253 g/mol. The third-order valence-corrected chi connectivity index (χ3v) is 2.61. The maximum Gasteiger partial charge on any atom is 0.261 e. The first-order chi connectivity index (χ1) is 8.54. The highest BCUT2D eigenvalue weighted by molar-refractivity contribution is 5.80. The van der Waals surface area contributed by atoms with Crippen molar-refractivity contribution in [3.05, 3.63) is 46.0 Å². The van der Waals surface area contributed by atoms with E-state index in [0.717, 1.165) is 0 Å². The molecule has 0 aliphatic heterocycles. The van der Waals surface area contributed by atoms with Crippen molar-refractivity contribution < 1.29 is 19.2 Å². The van der Waals surface area contributed by atoms with E-state index in [2.05, 4.69) is 0 Å². The lowest BCUT2D eigenvalue weighted by Crippen LogP contribution is -2.35. The summed E-state index contributed by atoms with van der Waals surface area (Å²) in [4.78, 5) is 21.2. The average Bonchev–Trinajstić information content (AvgIpc) is 2.36. The van der Waals surface area contributed by atoms with Crippen LogP contribution in [-0.4, -0.2) is 31.5 Å². The van der Waals surface area contributed by atoms with Crippen molar-refractivity contribution in [3.8, 4) is 0 Å². The van der Waals surface area contributed by atoms with Crippen LogP contribution in [0.1, 0.15) is 12.0 Å². The van der Waals surface area contributed by atoms with E-state index in [1.807, 2.05) is 6.07 Å². The van der Waals surface area contributed by atoms with Crippen LogP contribution in [0.5, 0.6) is 0 Å². The Balaban J connectivity index is 2.94. The van der Waals surface area contributed by atoms with Gasteiger partial charge in [0.1, 0.15) is 0 Å². The third kappa shape index (κ3) is 3.35. The van der Waals surface area contributed by atoms with Gasteiger partial charge >= 0.3 is 0 Å². The number of benzene rings is 1. The first kappa shape index (κ1) is 14.3. The second kappa shape index (κ2) is 6.23. The van der Waals surface area contributed by atoms with Gasteiger partial charge in [0.25, 0.3) is 6.54 Å². The van der Waals surface area contributed by atoms with E-state index >= 15 is 0 Å². The van der Waals surface area contributed by atoms with Gasteiger partial charge < -0.3 is 9.47 Å². The first-order valence-corrected chi connectivity index (χ1v) is 5.33. The van der Waals surface area contributed by atoms with Crippen LogP contribution < -0.4 is 0 Å². The van der Waals surface area contributed by atoms with Gasteiger partial charge in [-0.2, -0.15) is 0 Å². The second-order valence-corrected chi connectivity index (χ2v) is 3.73. The summed E-state index contributed by atoms with van der Waals surface area (Å²) < 4.78 is 10.5. The molecule has 0 aromatic heterocycles. The van der Waals surface area contributed by atoms with Crippen molar-refractivity contribution in [2.75, 3.05) is 20.8 Å². The zero-order valence-electron chi connectivity index (χ0n) is 10.3. The maximum absolute atomic E-state index is 11.6. The molecule has 0 spiro atoms. The van der Waals surface area contributed by atoms with Gasteiger partial charge in [-0.1, -0.05) is 30.3 Å². The number of carbonyl (C=O) groups excluding carboxylic acids is 1. The van der Waals surface area contributed by atoms with Crippen LogP contribution in [0.4, 0.5) is 0 Å². The molecule has 0 radical (unpaired) electrons. The predicted molar refractivity (Wildman–Crippen MR) is 63.6 cm³/mol. The molecule has 0 aliphatic rings. The Labute approximate surface area is 105 Å². The second-order valence-electron chi connectivity index (χ2n) is 3.73. The number of methoxy groups -OCH3 is 2. The van der Waals surface area contributed by atoms with Crippen molar-refractivity contribution in [2.45, 2.75) is 12.2 Å². The number of carbonyl (C=O) groups is 1. The highest BCUT2D eigenvalue weighted by Crippen LogP contribution is 2.29. The van der Waals surface area contributed by atoms with Gasteiger partial charge in [0, 0.05) is 24.7 Å². The molecule has 0 saturated heterocycles. The largest absolute Gasteiger partial charge is 0.349 e. The number of hydrogen-bond acceptors (Lipinski definition) is 5. The van der Waals surface area contributed by atoms with Gasteiger partial charge in [0.2, 0.25) is 11.6 Å². The van der Waals surface area contributed by atoms with Gasteiger partial charge in [0.05, 0.1) is 6.42 Å². The van der Waals surface area contributed by atoms with Gasteiger partial charge in [-0.25, -0.2) is 0 Å². The Kier molecular flexibility index (Phi) is 4.94. The van der Waals surface area contributed by atoms with Crippen molar-refractivity contribution in [3.63, 3.8) is 0 Å². The average molecular weight is 253 g/mol. The van der Waals surface area contributed by atoms with E-state index < -0.39 is 23.0 Å². The Morgan fingerprint density at radius 1 is 1.28 bits per heavy atom. The number of nitrogens with zero attached hydrogens (tertiary/aromatic N) is 1. The summed E-state index contributed by atoms with van der Waals surface area (Å²) in [6.07, 6.45) is -0.203. The number of hydrogen-bond donors (Lipinski definition) is 0. The number of ketones is 1. The van der Waals surface area contributed by atoms with Crippen molar-refractivity contribution in [1.29, 1.82) is 0 Å². The standard InChI is InChI=1S/C12H15NO5/c1-17-12(18-2,8-11(14)9-13(15)16)10-6-4-3-5-7-10/h3-7H,8-9H2,1-2H3. The SMILES string of the molecule is COC(CC(=O)C[N+](=O)[O-])(OC)c1ccccc1. The molecule has 0 aliphatic carbocycles. The van der Waals surface area contributed by atoms with Crippen LogP contribution >= 0.6 is 0 Å². The highest BCUT2D eigenvalue weighted by Gasteiger charge is 2.35. The van der Waals surface area contributed by atoms with E-state index in [1.54, 1.807) is 24.3 Å². The normalized spacial score (nSPS) is 11.2. The minimum atomic E-state index is -1.27. The molecular weight excluding hydrogens is 238 g/mol. The molecule has 0 heterocycles. The fourth-order valence-electron chi connectivity index (χ4n) is 1.72. The molecule has 6 nitrogen and oxygen atoms in total. The summed E-state index contributed by atoms with van der Waals surface area (Å²) in [6, 6.07) is 8.86. The van der Waals surface area contributed by atoms with Crippen LogP contribution in [0.3, 0.4) is 0 Å². The van der Waals surface area contributed by atoms with Crippen LogP contribution in [0, 0.1) is 10.1 Å². The van der Waals surface area contributed by atoms with E-state index in [9.17, 15) is 14.9 Å². The van der Waals surface area contributed by atoms with Crippen LogP contribution in [0.15, 0.2) is 30.3 Å². The summed E-state index contributed by atoms with van der Waals surface area (Å²) in [5.41, 5.74) is 0.645. The topological polar surface area (TPSA) is 78.7 Å². The van der Waals surface area contributed by atoms with Crippen LogP contribution in [-0.2, 0) is 20.1 Å². The Bertz CT molecular complexity index is 414. The fourth-order valence-corrected chi connectivity index (χ4v) is 1.72. The predicted octanol–water partition coefficient (Wildman–Crippen LogP) is 1.37. The van der Waals surface area contributed by atoms with E-state index in [1.165, 1.54) is 14.2 Å². The van der Waals surface area contributed by atoms with Crippen LogP contribution in [0.25, 0.3) is 0 Å². The minimum Gasteiger partial charge on any atom is -0.349 e. The third-order valence-electron chi connectivity index (χ3n) is 2.61. The van der Waals surface area contributed by atoms with Gasteiger partial charge in [-0.3, -0.25) is 14.9 Å². The molecule has 0 atom stereocenters. The number of rotatable bonds is 7. The molecule has 1 rings (SSSR count). The molecule has 6 heteroatoms. The molecule has 0 saturated carbocycles. The zero-order valence-corrected chi connectivity index (χ0v) is 10.3. The zero-order chi connectivity index (χ0) is 13.6. The molecule has 0 bridgehead atoms. The van der Waals surface area contributed by atoms with Gasteiger partial charge in [-0.15, -0.1) is 0 Å². The first-order valence-electron chi connectivity index (χ1n) is 5.33. The number of nitro groups is 1. The molecule has 98 valence electrons. The lowest BCUT2D eigenvalue weighted by molar-refractivity contribution is -0.468. The molecule has 1 aromatic carbocycles. The maximum atomic E-state index is 11.6. The summed E-state index contributed by atoms with van der Waals surface area (Å²) >= 11 is 0. The minimum absolute atomic E-state index is 0.203. The highest BCUT2D eigenvalue weighted by atomic mass is 16.7. The van der Waals surface area contributed by atoms with Crippen molar-refractivity contribution >= 4 is 5.78 Å². The Morgan fingerprint density at radius 2 is 1.83 bits per heavy atom. The Morgan fingerprint density at radius 3 is 2.28 bits per heavy atom. The van der Waals surface area contributed by atoms with E-state index in [-0.39, 0.29) is 6.42 Å². The summed E-state index contributed by atoms with van der Waals surface area (Å²) in [6.45, 7) is -0.735. The van der Waals surface area contributed by atoms with Gasteiger partial charge in [0.15, 0.2) is 0 Å². The summed E-state index contributed by atoms with van der Waals surface area (Å²) in [5, 5.41) is 10.3. The van der Waals surface area contributed by atoms with Crippen molar-refractivity contribution in [2.24, 2.45) is 0 Å². The lowest BCUT2D eigenvalue weighted by Gasteiger charge is -2.30. The quantitative estimate of drug-likeness (QED) is 0.416. The van der Waals surface area contributed by atoms with Crippen LogP contribution in [0.2, 0.25) is 0 Å². The fraction of sp³-hybridized carbons (Fsp3) is 0.417. The molecule has 0 N–H and O–H groups in total. The number of ether oxygens (including phenoxy) is 2. The molecular formula is C12H15NO5. The molecule has 0 unspecified atom stereocenters. The lowest BCUT2D eigenvalue weighted by atomic mass is 10.00. The molecule has 18 heavy (non-hydrogen) atoms. The number of Topliss-reactive ketones (excluding diaryl/α,β-unsaturated/α-hetero) is 1.